The highest BCUT2D eigenvalue weighted by Gasteiger charge is 2.13. The molecule has 0 heterocycles. The summed E-state index contributed by atoms with van der Waals surface area (Å²) in [6.07, 6.45) is 5.33. The lowest BCUT2D eigenvalue weighted by molar-refractivity contribution is 0.431. The van der Waals surface area contributed by atoms with Crippen LogP contribution in [0.5, 0.6) is 5.75 Å². The molecule has 0 saturated heterocycles. The minimum Gasteiger partial charge on any atom is -0.505 e. The zero-order valence-electron chi connectivity index (χ0n) is 9.38. The second-order valence-electron chi connectivity index (χ2n) is 4.57. The van der Waals surface area contributed by atoms with Gasteiger partial charge in [-0.15, -0.1) is 0 Å². The van der Waals surface area contributed by atoms with Crippen LogP contribution < -0.4 is 5.32 Å². The monoisotopic (exact) mass is 223 g/mol. The molecule has 0 unspecified atom stereocenters. The van der Waals surface area contributed by atoms with Gasteiger partial charge in [-0.25, -0.2) is 4.39 Å². The molecule has 0 aliphatic heterocycles. The molecule has 0 aromatic heterocycles. The first-order valence-electron chi connectivity index (χ1n) is 5.94. The highest BCUT2D eigenvalue weighted by Crippen LogP contribution is 2.23. The first kappa shape index (κ1) is 11.4. The summed E-state index contributed by atoms with van der Waals surface area (Å²) in [5.41, 5.74) is 0.883. The Morgan fingerprint density at radius 2 is 2.06 bits per heavy atom. The fourth-order valence-corrected chi connectivity index (χ4v) is 2.30. The van der Waals surface area contributed by atoms with Crippen LogP contribution in [0.2, 0.25) is 0 Å². The Morgan fingerprint density at radius 3 is 2.75 bits per heavy atom. The molecule has 2 N–H and O–H groups in total. The molecule has 1 aliphatic rings. The molecule has 1 aliphatic carbocycles. The number of halogens is 1. The van der Waals surface area contributed by atoms with Crippen LogP contribution in [0.25, 0.3) is 0 Å². The third kappa shape index (κ3) is 2.95. The molecule has 0 spiro atoms. The van der Waals surface area contributed by atoms with Gasteiger partial charge in [0.2, 0.25) is 0 Å². The van der Waals surface area contributed by atoms with Gasteiger partial charge in [0.25, 0.3) is 0 Å². The number of rotatable bonds is 4. The minimum absolute atomic E-state index is 0.278. The first-order valence-corrected chi connectivity index (χ1v) is 5.94. The molecule has 1 fully saturated rings. The second kappa shape index (κ2) is 5.30. The third-order valence-corrected chi connectivity index (χ3v) is 3.25. The number of phenolic OH excluding ortho intramolecular Hbond substituents is 1. The van der Waals surface area contributed by atoms with Crippen LogP contribution in [-0.4, -0.2) is 11.7 Å². The molecule has 0 radical (unpaired) electrons. The van der Waals surface area contributed by atoms with E-state index in [9.17, 15) is 4.39 Å². The van der Waals surface area contributed by atoms with E-state index in [1.54, 1.807) is 6.07 Å². The quantitative estimate of drug-likeness (QED) is 0.822. The molecule has 0 bridgehead atoms. The number of hydrogen-bond donors (Lipinski definition) is 2. The summed E-state index contributed by atoms with van der Waals surface area (Å²) in [7, 11) is 0. The Balaban J connectivity index is 1.78. The van der Waals surface area contributed by atoms with Crippen molar-refractivity contribution in [1.82, 2.24) is 5.32 Å². The highest BCUT2D eigenvalue weighted by atomic mass is 19.1. The van der Waals surface area contributed by atoms with E-state index in [0.29, 0.717) is 6.54 Å². The van der Waals surface area contributed by atoms with Gasteiger partial charge in [0, 0.05) is 6.54 Å². The lowest BCUT2D eigenvalue weighted by Crippen LogP contribution is -2.20. The highest BCUT2D eigenvalue weighted by molar-refractivity contribution is 5.27. The summed E-state index contributed by atoms with van der Waals surface area (Å²) in [5, 5.41) is 12.4. The van der Waals surface area contributed by atoms with E-state index in [2.05, 4.69) is 5.32 Å². The Kier molecular flexibility index (Phi) is 3.78. The van der Waals surface area contributed by atoms with E-state index in [0.717, 1.165) is 18.0 Å². The summed E-state index contributed by atoms with van der Waals surface area (Å²) in [6, 6.07) is 4.54. The van der Waals surface area contributed by atoms with Crippen molar-refractivity contribution in [3.8, 4) is 5.75 Å². The zero-order valence-corrected chi connectivity index (χ0v) is 9.38. The predicted octanol–water partition coefficient (Wildman–Crippen LogP) is 2.81. The smallest absolute Gasteiger partial charge is 0.165 e. The summed E-state index contributed by atoms with van der Waals surface area (Å²) in [6.45, 7) is 1.69. The van der Waals surface area contributed by atoms with Crippen LogP contribution in [-0.2, 0) is 6.54 Å². The average molecular weight is 223 g/mol. The summed E-state index contributed by atoms with van der Waals surface area (Å²) in [5.74, 6) is -0.0262. The number of aromatic hydroxyl groups is 1. The Morgan fingerprint density at radius 1 is 1.31 bits per heavy atom. The fraction of sp³-hybridized carbons (Fsp3) is 0.538. The molecule has 16 heavy (non-hydrogen) atoms. The lowest BCUT2D eigenvalue weighted by Gasteiger charge is -2.10. The summed E-state index contributed by atoms with van der Waals surface area (Å²) >= 11 is 0. The molecule has 0 atom stereocenters. The molecular formula is C13H18FNO. The van der Waals surface area contributed by atoms with Gasteiger partial charge in [0.1, 0.15) is 0 Å². The lowest BCUT2D eigenvalue weighted by atomic mass is 10.1. The molecule has 3 heteroatoms. The van der Waals surface area contributed by atoms with Crippen LogP contribution in [0, 0.1) is 11.7 Å². The molecule has 88 valence electrons. The van der Waals surface area contributed by atoms with Crippen molar-refractivity contribution in [2.45, 2.75) is 32.2 Å². The first-order chi connectivity index (χ1) is 7.75. The molecule has 2 rings (SSSR count). The number of benzene rings is 1. The predicted molar refractivity (Wildman–Crippen MR) is 61.7 cm³/mol. The van der Waals surface area contributed by atoms with Crippen molar-refractivity contribution in [2.24, 2.45) is 5.92 Å². The minimum atomic E-state index is -0.542. The fourth-order valence-electron chi connectivity index (χ4n) is 2.30. The Hall–Kier alpha value is -1.09. The van der Waals surface area contributed by atoms with Gasteiger partial charge in [0.05, 0.1) is 0 Å². The van der Waals surface area contributed by atoms with Crippen LogP contribution in [0.3, 0.4) is 0 Å². The maximum atomic E-state index is 13.0. The number of hydrogen-bond acceptors (Lipinski definition) is 2. The average Bonchev–Trinajstić information content (AvgIpc) is 2.76. The number of phenols is 1. The van der Waals surface area contributed by atoms with Gasteiger partial charge in [-0.3, -0.25) is 0 Å². The number of nitrogens with one attached hydrogen (secondary N) is 1. The molecule has 1 aromatic carbocycles. The normalized spacial score (nSPS) is 16.8. The van der Waals surface area contributed by atoms with Crippen molar-refractivity contribution in [1.29, 1.82) is 0 Å². The molecular weight excluding hydrogens is 205 g/mol. The van der Waals surface area contributed by atoms with Crippen molar-refractivity contribution >= 4 is 0 Å². The van der Waals surface area contributed by atoms with Crippen LogP contribution in [0.4, 0.5) is 4.39 Å². The summed E-state index contributed by atoms with van der Waals surface area (Å²) in [4.78, 5) is 0. The maximum Gasteiger partial charge on any atom is 0.165 e. The Labute approximate surface area is 95.5 Å². The third-order valence-electron chi connectivity index (χ3n) is 3.25. The van der Waals surface area contributed by atoms with Crippen LogP contribution >= 0.6 is 0 Å². The largest absolute Gasteiger partial charge is 0.505 e. The van der Waals surface area contributed by atoms with Gasteiger partial charge in [-0.1, -0.05) is 18.9 Å². The van der Waals surface area contributed by atoms with Gasteiger partial charge < -0.3 is 10.4 Å². The van der Waals surface area contributed by atoms with E-state index >= 15 is 0 Å². The molecule has 1 saturated carbocycles. The van der Waals surface area contributed by atoms with Crippen LogP contribution in [0.1, 0.15) is 31.2 Å². The van der Waals surface area contributed by atoms with Gasteiger partial charge in [-0.05, 0) is 43.0 Å². The second-order valence-corrected chi connectivity index (χ2v) is 4.57. The van der Waals surface area contributed by atoms with E-state index in [1.165, 1.54) is 37.8 Å². The van der Waals surface area contributed by atoms with Gasteiger partial charge >= 0.3 is 0 Å². The molecule has 2 nitrogen and oxygen atoms in total. The standard InChI is InChI=1S/C13H18FNO/c14-12-7-11(5-6-13(12)16)9-15-8-10-3-1-2-4-10/h5-7,10,15-16H,1-4,8-9H2. The van der Waals surface area contributed by atoms with Crippen molar-refractivity contribution in [3.05, 3.63) is 29.6 Å². The Bertz CT molecular complexity index is 348. The van der Waals surface area contributed by atoms with E-state index in [1.807, 2.05) is 0 Å². The zero-order chi connectivity index (χ0) is 11.4. The van der Waals surface area contributed by atoms with Crippen LogP contribution in [0.15, 0.2) is 18.2 Å². The van der Waals surface area contributed by atoms with E-state index in [-0.39, 0.29) is 5.75 Å². The maximum absolute atomic E-state index is 13.0. The van der Waals surface area contributed by atoms with Crippen molar-refractivity contribution in [2.75, 3.05) is 6.54 Å². The van der Waals surface area contributed by atoms with Gasteiger partial charge in [-0.2, -0.15) is 0 Å². The van der Waals surface area contributed by atoms with E-state index < -0.39 is 5.82 Å². The summed E-state index contributed by atoms with van der Waals surface area (Å²) < 4.78 is 13.0. The SMILES string of the molecule is Oc1ccc(CNCC2CCCC2)cc1F. The van der Waals surface area contributed by atoms with Crippen molar-refractivity contribution in [3.63, 3.8) is 0 Å². The van der Waals surface area contributed by atoms with Crippen molar-refractivity contribution < 1.29 is 9.50 Å². The topological polar surface area (TPSA) is 32.3 Å². The molecule has 1 aromatic rings. The van der Waals surface area contributed by atoms with E-state index in [4.69, 9.17) is 5.11 Å². The molecule has 0 amide bonds. The van der Waals surface area contributed by atoms with Gasteiger partial charge in [0.15, 0.2) is 11.6 Å².